The number of nitrogens with one attached hydrogen (secondary N) is 1. The van der Waals surface area contributed by atoms with E-state index in [1.807, 2.05) is 49.7 Å². The number of carbonyl (C=O) groups excluding carboxylic acids is 1. The van der Waals surface area contributed by atoms with Crippen molar-refractivity contribution in [3.8, 4) is 0 Å². The SMILES string of the molecule is CC(C)NC(=O)c1cc2c(Cl)cccc2n1C. The van der Waals surface area contributed by atoms with Crippen LogP contribution in [-0.4, -0.2) is 16.5 Å². The Kier molecular flexibility index (Phi) is 3.11. The number of halogens is 1. The molecule has 90 valence electrons. The van der Waals surface area contributed by atoms with Crippen LogP contribution in [0.3, 0.4) is 0 Å². The van der Waals surface area contributed by atoms with Crippen molar-refractivity contribution >= 4 is 28.4 Å². The number of aryl methyl sites for hydroxylation is 1. The van der Waals surface area contributed by atoms with E-state index in [0.717, 1.165) is 10.9 Å². The molecule has 1 N–H and O–H groups in total. The number of aromatic nitrogens is 1. The minimum absolute atomic E-state index is 0.0743. The van der Waals surface area contributed by atoms with Gasteiger partial charge in [-0.3, -0.25) is 4.79 Å². The number of amides is 1. The van der Waals surface area contributed by atoms with Gasteiger partial charge in [0.25, 0.3) is 5.91 Å². The van der Waals surface area contributed by atoms with Crippen molar-refractivity contribution in [2.24, 2.45) is 7.05 Å². The molecule has 0 saturated heterocycles. The third-order valence-corrected chi connectivity index (χ3v) is 3.02. The molecular formula is C13H15ClN2O. The highest BCUT2D eigenvalue weighted by Crippen LogP contribution is 2.26. The number of nitrogens with zero attached hydrogens (tertiary/aromatic N) is 1. The lowest BCUT2D eigenvalue weighted by molar-refractivity contribution is 0.0935. The Labute approximate surface area is 105 Å². The van der Waals surface area contributed by atoms with Crippen LogP contribution in [0.15, 0.2) is 24.3 Å². The molecule has 0 saturated carbocycles. The lowest BCUT2D eigenvalue weighted by atomic mass is 10.2. The molecule has 0 aliphatic heterocycles. The Hall–Kier alpha value is -1.48. The van der Waals surface area contributed by atoms with E-state index < -0.39 is 0 Å². The molecule has 0 aliphatic rings. The van der Waals surface area contributed by atoms with Gasteiger partial charge in [0.2, 0.25) is 0 Å². The summed E-state index contributed by atoms with van der Waals surface area (Å²) in [5.41, 5.74) is 1.59. The van der Waals surface area contributed by atoms with Crippen LogP contribution in [0.25, 0.3) is 10.9 Å². The molecule has 2 aromatic rings. The molecule has 0 atom stereocenters. The molecule has 0 unspecified atom stereocenters. The summed E-state index contributed by atoms with van der Waals surface area (Å²) in [7, 11) is 1.87. The standard InChI is InChI=1S/C13H15ClN2O/c1-8(2)15-13(17)12-7-9-10(14)5-4-6-11(9)16(12)3/h4-8H,1-3H3,(H,15,17). The van der Waals surface area contributed by atoms with Crippen molar-refractivity contribution < 1.29 is 4.79 Å². The summed E-state index contributed by atoms with van der Waals surface area (Å²) in [6.45, 7) is 3.88. The molecule has 0 radical (unpaired) electrons. The van der Waals surface area contributed by atoms with E-state index in [9.17, 15) is 4.79 Å². The van der Waals surface area contributed by atoms with E-state index in [1.54, 1.807) is 0 Å². The number of fused-ring (bicyclic) bond motifs is 1. The van der Waals surface area contributed by atoms with Gasteiger partial charge in [0.1, 0.15) is 5.69 Å². The Morgan fingerprint density at radius 1 is 1.41 bits per heavy atom. The molecule has 1 amide bonds. The van der Waals surface area contributed by atoms with E-state index in [1.165, 1.54) is 0 Å². The molecule has 0 fully saturated rings. The maximum atomic E-state index is 12.0. The number of benzene rings is 1. The van der Waals surface area contributed by atoms with Crippen LogP contribution in [0.5, 0.6) is 0 Å². The van der Waals surface area contributed by atoms with Gasteiger partial charge in [0.15, 0.2) is 0 Å². The zero-order valence-electron chi connectivity index (χ0n) is 10.1. The second-order valence-electron chi connectivity index (χ2n) is 4.39. The molecule has 1 aromatic heterocycles. The quantitative estimate of drug-likeness (QED) is 0.874. The predicted octanol–water partition coefficient (Wildman–Crippen LogP) is 2.97. The van der Waals surface area contributed by atoms with Gasteiger partial charge in [-0.1, -0.05) is 17.7 Å². The van der Waals surface area contributed by atoms with Gasteiger partial charge >= 0.3 is 0 Å². The van der Waals surface area contributed by atoms with Crippen LogP contribution >= 0.6 is 11.6 Å². The van der Waals surface area contributed by atoms with Crippen molar-refractivity contribution in [3.05, 3.63) is 35.0 Å². The fourth-order valence-corrected chi connectivity index (χ4v) is 2.10. The molecule has 3 nitrogen and oxygen atoms in total. The summed E-state index contributed by atoms with van der Waals surface area (Å²) < 4.78 is 1.86. The number of carbonyl (C=O) groups is 1. The first-order chi connectivity index (χ1) is 8.00. The van der Waals surface area contributed by atoms with E-state index in [2.05, 4.69) is 5.32 Å². The first kappa shape index (κ1) is 12.0. The Bertz CT molecular complexity index is 572. The molecule has 0 bridgehead atoms. The first-order valence-corrected chi connectivity index (χ1v) is 5.93. The Balaban J connectivity index is 2.52. The molecule has 1 aromatic carbocycles. The Morgan fingerprint density at radius 2 is 2.12 bits per heavy atom. The minimum atomic E-state index is -0.0743. The van der Waals surface area contributed by atoms with Crippen molar-refractivity contribution in [1.82, 2.24) is 9.88 Å². The highest BCUT2D eigenvalue weighted by atomic mass is 35.5. The van der Waals surface area contributed by atoms with Gasteiger partial charge in [0, 0.05) is 29.0 Å². The van der Waals surface area contributed by atoms with Gasteiger partial charge in [-0.25, -0.2) is 0 Å². The maximum Gasteiger partial charge on any atom is 0.268 e. The highest BCUT2D eigenvalue weighted by molar-refractivity contribution is 6.35. The average Bonchev–Trinajstić information content (AvgIpc) is 2.57. The van der Waals surface area contributed by atoms with Crippen LogP contribution in [-0.2, 0) is 7.05 Å². The van der Waals surface area contributed by atoms with E-state index in [0.29, 0.717) is 10.7 Å². The first-order valence-electron chi connectivity index (χ1n) is 5.55. The fraction of sp³-hybridized carbons (Fsp3) is 0.308. The largest absolute Gasteiger partial charge is 0.349 e. The summed E-state index contributed by atoms with van der Waals surface area (Å²) in [6, 6.07) is 7.61. The molecule has 17 heavy (non-hydrogen) atoms. The maximum absolute atomic E-state index is 12.0. The highest BCUT2D eigenvalue weighted by Gasteiger charge is 2.14. The molecule has 4 heteroatoms. The lowest BCUT2D eigenvalue weighted by Crippen LogP contribution is -2.31. The topological polar surface area (TPSA) is 34.0 Å². The van der Waals surface area contributed by atoms with Crippen molar-refractivity contribution in [2.75, 3.05) is 0 Å². The van der Waals surface area contributed by atoms with Crippen molar-refractivity contribution in [3.63, 3.8) is 0 Å². The van der Waals surface area contributed by atoms with Gasteiger partial charge in [-0.05, 0) is 32.0 Å². The van der Waals surface area contributed by atoms with Crippen LogP contribution in [0.1, 0.15) is 24.3 Å². The Morgan fingerprint density at radius 3 is 2.71 bits per heavy atom. The third-order valence-electron chi connectivity index (χ3n) is 2.69. The van der Waals surface area contributed by atoms with Gasteiger partial charge < -0.3 is 9.88 Å². The van der Waals surface area contributed by atoms with Crippen LogP contribution in [0.4, 0.5) is 0 Å². The number of rotatable bonds is 2. The van der Waals surface area contributed by atoms with Crippen LogP contribution in [0.2, 0.25) is 5.02 Å². The summed E-state index contributed by atoms with van der Waals surface area (Å²) in [6.07, 6.45) is 0. The number of hydrogen-bond donors (Lipinski definition) is 1. The monoisotopic (exact) mass is 250 g/mol. The van der Waals surface area contributed by atoms with E-state index in [4.69, 9.17) is 11.6 Å². The summed E-state index contributed by atoms with van der Waals surface area (Å²) in [5, 5.41) is 4.45. The zero-order valence-corrected chi connectivity index (χ0v) is 10.9. The van der Waals surface area contributed by atoms with Crippen LogP contribution in [0, 0.1) is 0 Å². The van der Waals surface area contributed by atoms with Gasteiger partial charge in [-0.2, -0.15) is 0 Å². The molecule has 2 rings (SSSR count). The normalized spacial score (nSPS) is 11.1. The van der Waals surface area contributed by atoms with Crippen LogP contribution < -0.4 is 5.32 Å². The average molecular weight is 251 g/mol. The molecule has 1 heterocycles. The van der Waals surface area contributed by atoms with E-state index in [-0.39, 0.29) is 11.9 Å². The summed E-state index contributed by atoms with van der Waals surface area (Å²) >= 11 is 6.11. The summed E-state index contributed by atoms with van der Waals surface area (Å²) in [4.78, 5) is 12.0. The smallest absolute Gasteiger partial charge is 0.268 e. The lowest BCUT2D eigenvalue weighted by Gasteiger charge is -2.08. The zero-order chi connectivity index (χ0) is 12.6. The third kappa shape index (κ3) is 2.15. The van der Waals surface area contributed by atoms with Gasteiger partial charge in [-0.15, -0.1) is 0 Å². The molecule has 0 spiro atoms. The fourth-order valence-electron chi connectivity index (χ4n) is 1.88. The second-order valence-corrected chi connectivity index (χ2v) is 4.80. The minimum Gasteiger partial charge on any atom is -0.349 e. The van der Waals surface area contributed by atoms with Crippen molar-refractivity contribution in [1.29, 1.82) is 0 Å². The molecular weight excluding hydrogens is 236 g/mol. The van der Waals surface area contributed by atoms with Gasteiger partial charge in [0.05, 0.1) is 0 Å². The van der Waals surface area contributed by atoms with E-state index >= 15 is 0 Å². The summed E-state index contributed by atoms with van der Waals surface area (Å²) in [5.74, 6) is -0.0743. The molecule has 0 aliphatic carbocycles. The predicted molar refractivity (Wildman–Crippen MR) is 70.5 cm³/mol. The second kappa shape index (κ2) is 4.41. The van der Waals surface area contributed by atoms with Crippen molar-refractivity contribution in [2.45, 2.75) is 19.9 Å². The number of hydrogen-bond acceptors (Lipinski definition) is 1.